The number of urea groups is 1. The summed E-state index contributed by atoms with van der Waals surface area (Å²) >= 11 is 5.74. The van der Waals surface area contributed by atoms with Crippen molar-refractivity contribution in [1.29, 1.82) is 0 Å². The first-order valence-corrected chi connectivity index (χ1v) is 7.23. The fraction of sp³-hybridized carbons (Fsp3) is 0.429. The highest BCUT2D eigenvalue weighted by Gasteiger charge is 2.42. The topological polar surface area (TPSA) is 78.9 Å². The van der Waals surface area contributed by atoms with Crippen molar-refractivity contribution in [3.8, 4) is 5.75 Å². The highest BCUT2D eigenvalue weighted by atomic mass is 35.5. The van der Waals surface area contributed by atoms with Crippen LogP contribution >= 0.6 is 11.6 Å². The number of hydrogen-bond acceptors (Lipinski definition) is 3. The minimum absolute atomic E-state index is 0.0514. The van der Waals surface area contributed by atoms with Crippen LogP contribution in [0.4, 0.5) is 23.7 Å². The summed E-state index contributed by atoms with van der Waals surface area (Å²) in [4.78, 5) is 24.6. The zero-order chi connectivity index (χ0) is 18.1. The van der Waals surface area contributed by atoms with Crippen molar-refractivity contribution >= 4 is 29.3 Å². The second kappa shape index (κ2) is 6.39. The molecule has 1 aliphatic rings. The molecule has 1 unspecified atom stereocenters. The van der Waals surface area contributed by atoms with Gasteiger partial charge in [-0.05, 0) is 31.5 Å². The van der Waals surface area contributed by atoms with Gasteiger partial charge in [-0.15, -0.1) is 13.2 Å². The maximum Gasteiger partial charge on any atom is 0.573 e. The van der Waals surface area contributed by atoms with Gasteiger partial charge in [-0.2, -0.15) is 0 Å². The van der Waals surface area contributed by atoms with Crippen LogP contribution in [0.15, 0.2) is 18.2 Å². The molecule has 1 aliphatic heterocycles. The number of carboxylic acids is 1. The van der Waals surface area contributed by atoms with Crippen LogP contribution in [0.25, 0.3) is 0 Å². The Morgan fingerprint density at radius 2 is 2.08 bits per heavy atom. The number of amides is 2. The van der Waals surface area contributed by atoms with E-state index in [2.05, 4.69) is 10.1 Å². The summed E-state index contributed by atoms with van der Waals surface area (Å²) in [5, 5.41) is 11.5. The van der Waals surface area contributed by atoms with Gasteiger partial charge >= 0.3 is 18.4 Å². The van der Waals surface area contributed by atoms with E-state index in [0.717, 1.165) is 12.1 Å². The summed E-state index contributed by atoms with van der Waals surface area (Å²) in [5.41, 5.74) is -1.34. The lowest BCUT2D eigenvalue weighted by molar-refractivity contribution is -0.274. The summed E-state index contributed by atoms with van der Waals surface area (Å²) in [6.45, 7) is 1.62. The zero-order valence-corrected chi connectivity index (χ0v) is 13.2. The number of ether oxygens (including phenoxy) is 1. The summed E-state index contributed by atoms with van der Waals surface area (Å²) < 4.78 is 41.1. The second-order valence-electron chi connectivity index (χ2n) is 5.66. The number of carbonyl (C=O) groups excluding carboxylic acids is 1. The van der Waals surface area contributed by atoms with Crippen LogP contribution in [0.5, 0.6) is 5.75 Å². The van der Waals surface area contributed by atoms with Crippen molar-refractivity contribution in [3.63, 3.8) is 0 Å². The van der Waals surface area contributed by atoms with Crippen molar-refractivity contribution in [2.24, 2.45) is 5.41 Å². The molecule has 1 atom stereocenters. The van der Waals surface area contributed by atoms with Crippen LogP contribution in [0.2, 0.25) is 5.02 Å². The van der Waals surface area contributed by atoms with E-state index < -0.39 is 29.5 Å². The molecule has 0 radical (unpaired) electrons. The minimum Gasteiger partial charge on any atom is -0.481 e. The Kier molecular flexibility index (Phi) is 4.84. The SMILES string of the molecule is CC1(C(=O)O)CCN(C(=O)Nc2cc(Cl)ccc2OC(F)(F)F)C1. The van der Waals surface area contributed by atoms with Crippen LogP contribution in [0.3, 0.4) is 0 Å². The van der Waals surface area contributed by atoms with Crippen LogP contribution in [-0.4, -0.2) is 41.5 Å². The van der Waals surface area contributed by atoms with Crippen molar-refractivity contribution in [1.82, 2.24) is 4.90 Å². The molecule has 1 aromatic carbocycles. The zero-order valence-electron chi connectivity index (χ0n) is 12.5. The average molecular weight is 367 g/mol. The molecule has 0 aliphatic carbocycles. The minimum atomic E-state index is -4.93. The third-order valence-electron chi connectivity index (χ3n) is 3.69. The van der Waals surface area contributed by atoms with Crippen molar-refractivity contribution in [2.45, 2.75) is 19.7 Å². The highest BCUT2D eigenvalue weighted by Crippen LogP contribution is 2.34. The Labute approximate surface area is 140 Å². The van der Waals surface area contributed by atoms with Gasteiger partial charge < -0.3 is 20.1 Å². The molecule has 1 heterocycles. The Balaban J connectivity index is 2.15. The molecule has 132 valence electrons. The van der Waals surface area contributed by atoms with Crippen LogP contribution in [-0.2, 0) is 4.79 Å². The maximum atomic E-state index is 12.4. The van der Waals surface area contributed by atoms with E-state index in [4.69, 9.17) is 16.7 Å². The van der Waals surface area contributed by atoms with E-state index in [1.54, 1.807) is 0 Å². The summed E-state index contributed by atoms with van der Waals surface area (Å²) in [6.07, 6.45) is -4.68. The average Bonchev–Trinajstić information content (AvgIpc) is 2.85. The summed E-state index contributed by atoms with van der Waals surface area (Å²) in [6, 6.07) is 2.56. The molecule has 6 nitrogen and oxygen atoms in total. The van der Waals surface area contributed by atoms with Gasteiger partial charge in [0.25, 0.3) is 0 Å². The molecule has 0 bridgehead atoms. The smallest absolute Gasteiger partial charge is 0.481 e. The van der Waals surface area contributed by atoms with E-state index in [1.165, 1.54) is 17.9 Å². The van der Waals surface area contributed by atoms with Gasteiger partial charge in [0.05, 0.1) is 11.1 Å². The molecule has 0 spiro atoms. The van der Waals surface area contributed by atoms with E-state index in [1.807, 2.05) is 0 Å². The first-order valence-electron chi connectivity index (χ1n) is 6.85. The third kappa shape index (κ3) is 4.22. The number of benzene rings is 1. The van der Waals surface area contributed by atoms with Crippen molar-refractivity contribution in [2.75, 3.05) is 18.4 Å². The number of nitrogens with one attached hydrogen (secondary N) is 1. The number of rotatable bonds is 3. The van der Waals surface area contributed by atoms with Crippen molar-refractivity contribution in [3.05, 3.63) is 23.2 Å². The number of carbonyl (C=O) groups is 2. The fourth-order valence-electron chi connectivity index (χ4n) is 2.32. The summed E-state index contributed by atoms with van der Waals surface area (Å²) in [7, 11) is 0. The normalized spacial score (nSPS) is 20.8. The lowest BCUT2D eigenvalue weighted by atomic mass is 9.90. The second-order valence-corrected chi connectivity index (χ2v) is 6.09. The lowest BCUT2D eigenvalue weighted by Gasteiger charge is -2.21. The molecule has 1 aromatic rings. The van der Waals surface area contributed by atoms with Gasteiger partial charge in [0, 0.05) is 18.1 Å². The number of nitrogens with zero attached hydrogens (tertiary/aromatic N) is 1. The maximum absolute atomic E-state index is 12.4. The quantitative estimate of drug-likeness (QED) is 0.857. The van der Waals surface area contributed by atoms with Crippen molar-refractivity contribution < 1.29 is 32.6 Å². The molecule has 1 saturated heterocycles. The predicted octanol–water partition coefficient (Wildman–Crippen LogP) is 3.57. The number of halogens is 4. The van der Waals surface area contributed by atoms with Crippen LogP contribution in [0, 0.1) is 5.41 Å². The van der Waals surface area contributed by atoms with E-state index in [0.29, 0.717) is 0 Å². The molecular weight excluding hydrogens is 353 g/mol. The molecule has 24 heavy (non-hydrogen) atoms. The molecule has 2 amide bonds. The molecule has 0 saturated carbocycles. The number of aliphatic carboxylic acids is 1. The number of carboxylic acid groups (broad SMARTS) is 1. The molecule has 0 aromatic heterocycles. The first kappa shape index (κ1) is 18.2. The van der Waals surface area contributed by atoms with E-state index in [-0.39, 0.29) is 30.2 Å². The Morgan fingerprint density at radius 1 is 1.42 bits per heavy atom. The van der Waals surface area contributed by atoms with Gasteiger partial charge in [-0.25, -0.2) is 4.79 Å². The molecular formula is C14H14ClF3N2O4. The standard InChI is InChI=1S/C14H14ClF3N2O4/c1-13(11(21)22)4-5-20(7-13)12(23)19-9-6-8(15)2-3-10(9)24-14(16,17)18/h2-3,6H,4-5,7H2,1H3,(H,19,23)(H,21,22). The number of anilines is 1. The molecule has 2 N–H and O–H groups in total. The summed E-state index contributed by atoms with van der Waals surface area (Å²) in [5.74, 6) is -1.65. The molecule has 2 rings (SSSR count). The lowest BCUT2D eigenvalue weighted by Crippen LogP contribution is -2.37. The number of hydrogen-bond donors (Lipinski definition) is 2. The Morgan fingerprint density at radius 3 is 2.62 bits per heavy atom. The number of alkyl halides is 3. The van der Waals surface area contributed by atoms with Gasteiger partial charge in [0.15, 0.2) is 5.75 Å². The highest BCUT2D eigenvalue weighted by molar-refractivity contribution is 6.31. The van der Waals surface area contributed by atoms with Crippen LogP contribution < -0.4 is 10.1 Å². The largest absolute Gasteiger partial charge is 0.573 e. The number of likely N-dealkylation sites (tertiary alicyclic amines) is 1. The van der Waals surface area contributed by atoms with Gasteiger partial charge in [0.1, 0.15) is 0 Å². The first-order chi connectivity index (χ1) is 11.0. The third-order valence-corrected chi connectivity index (χ3v) is 3.92. The fourth-order valence-corrected chi connectivity index (χ4v) is 2.49. The predicted molar refractivity (Wildman–Crippen MR) is 79.1 cm³/mol. The van der Waals surface area contributed by atoms with Gasteiger partial charge in [0.2, 0.25) is 0 Å². The van der Waals surface area contributed by atoms with Crippen LogP contribution in [0.1, 0.15) is 13.3 Å². The van der Waals surface area contributed by atoms with E-state index in [9.17, 15) is 22.8 Å². The monoisotopic (exact) mass is 366 g/mol. The Hall–Kier alpha value is -2.16. The Bertz CT molecular complexity index is 668. The van der Waals surface area contributed by atoms with Gasteiger partial charge in [-0.3, -0.25) is 4.79 Å². The van der Waals surface area contributed by atoms with E-state index >= 15 is 0 Å². The molecule has 10 heteroatoms. The molecule has 1 fully saturated rings. The van der Waals surface area contributed by atoms with Gasteiger partial charge in [-0.1, -0.05) is 11.6 Å².